The van der Waals surface area contributed by atoms with Gasteiger partial charge in [-0.2, -0.15) is 0 Å². The molecule has 1 aliphatic heterocycles. The van der Waals surface area contributed by atoms with Crippen molar-refractivity contribution in [3.63, 3.8) is 0 Å². The van der Waals surface area contributed by atoms with Gasteiger partial charge in [-0.1, -0.05) is 18.2 Å². The maximum atomic E-state index is 13.1. The molecule has 0 bridgehead atoms. The fourth-order valence-corrected chi connectivity index (χ4v) is 5.74. The Morgan fingerprint density at radius 1 is 1.16 bits per heavy atom. The molecule has 3 heterocycles. The molecule has 1 amide bonds. The average molecular weight is 472 g/mol. The molecule has 3 aromatic rings. The van der Waals surface area contributed by atoms with Gasteiger partial charge in [0.2, 0.25) is 5.91 Å². The van der Waals surface area contributed by atoms with Gasteiger partial charge in [-0.15, -0.1) is 11.3 Å². The average Bonchev–Trinajstić information content (AvgIpc) is 3.32. The summed E-state index contributed by atoms with van der Waals surface area (Å²) in [5, 5.41) is 5.27. The van der Waals surface area contributed by atoms with E-state index < -0.39 is 15.8 Å². The molecule has 1 aliphatic rings. The van der Waals surface area contributed by atoms with Gasteiger partial charge in [-0.3, -0.25) is 9.78 Å². The lowest BCUT2D eigenvalue weighted by atomic mass is 9.84. The number of benzene rings is 1. The summed E-state index contributed by atoms with van der Waals surface area (Å²) in [5.41, 5.74) is 1.43. The first-order valence-electron chi connectivity index (χ1n) is 10.5. The minimum absolute atomic E-state index is 0.115. The van der Waals surface area contributed by atoms with Gasteiger partial charge in [0, 0.05) is 37.2 Å². The Morgan fingerprint density at radius 3 is 2.59 bits per heavy atom. The van der Waals surface area contributed by atoms with Crippen molar-refractivity contribution in [1.82, 2.24) is 9.97 Å². The second-order valence-electron chi connectivity index (χ2n) is 7.86. The summed E-state index contributed by atoms with van der Waals surface area (Å²) in [6, 6.07) is 10.1. The van der Waals surface area contributed by atoms with E-state index in [0.717, 1.165) is 18.4 Å². The molecule has 2 aromatic heterocycles. The van der Waals surface area contributed by atoms with Crippen molar-refractivity contribution in [1.29, 1.82) is 0 Å². The lowest BCUT2D eigenvalue weighted by Gasteiger charge is -2.26. The van der Waals surface area contributed by atoms with E-state index in [2.05, 4.69) is 15.3 Å². The molecule has 1 unspecified atom stereocenters. The standard InChI is InChI=1S/C23H25N3O4S2/c27-22(26-23-25-10-13-31-23)21(14-17-7-11-30-12-8-17)19-3-5-20(6-4-19)32(28,29)16-18-2-1-9-24-15-18/h1-6,9-10,13,15,17,21H,7-8,11-12,14,16H2,(H,25,26,27). The van der Waals surface area contributed by atoms with Crippen LogP contribution in [0.3, 0.4) is 0 Å². The number of sulfone groups is 1. The van der Waals surface area contributed by atoms with E-state index >= 15 is 0 Å². The third-order valence-electron chi connectivity index (χ3n) is 5.61. The van der Waals surface area contributed by atoms with E-state index in [1.54, 1.807) is 55.0 Å². The molecular formula is C23H25N3O4S2. The van der Waals surface area contributed by atoms with Crippen LogP contribution in [0.15, 0.2) is 65.3 Å². The number of thiazole rings is 1. The molecule has 4 rings (SSSR count). The molecule has 1 fully saturated rings. The van der Waals surface area contributed by atoms with Crippen LogP contribution in [0.4, 0.5) is 5.13 Å². The van der Waals surface area contributed by atoms with Crippen LogP contribution in [0, 0.1) is 5.92 Å². The first kappa shape index (κ1) is 22.6. The van der Waals surface area contributed by atoms with Crippen LogP contribution in [0.5, 0.6) is 0 Å². The number of ether oxygens (including phenoxy) is 1. The van der Waals surface area contributed by atoms with Crippen LogP contribution in [-0.4, -0.2) is 37.5 Å². The van der Waals surface area contributed by atoms with Gasteiger partial charge < -0.3 is 10.1 Å². The smallest absolute Gasteiger partial charge is 0.233 e. The molecular weight excluding hydrogens is 446 g/mol. The van der Waals surface area contributed by atoms with Crippen molar-refractivity contribution in [3.8, 4) is 0 Å². The highest BCUT2D eigenvalue weighted by Crippen LogP contribution is 2.31. The van der Waals surface area contributed by atoms with Crippen LogP contribution < -0.4 is 5.32 Å². The van der Waals surface area contributed by atoms with Crippen molar-refractivity contribution in [2.75, 3.05) is 18.5 Å². The van der Waals surface area contributed by atoms with E-state index in [9.17, 15) is 13.2 Å². The van der Waals surface area contributed by atoms with Gasteiger partial charge in [-0.05, 0) is 54.5 Å². The normalized spacial score (nSPS) is 15.9. The summed E-state index contributed by atoms with van der Waals surface area (Å²) in [6.07, 6.45) is 7.33. The second kappa shape index (κ2) is 10.3. The van der Waals surface area contributed by atoms with Crippen LogP contribution in [0.1, 0.15) is 36.3 Å². The predicted molar refractivity (Wildman–Crippen MR) is 123 cm³/mol. The Labute approximate surface area is 191 Å². The van der Waals surface area contributed by atoms with Crippen molar-refractivity contribution in [3.05, 3.63) is 71.5 Å². The third-order valence-corrected chi connectivity index (χ3v) is 8.00. The number of amides is 1. The number of hydrogen-bond donors (Lipinski definition) is 1. The van der Waals surface area contributed by atoms with Crippen LogP contribution >= 0.6 is 11.3 Å². The number of nitrogens with zero attached hydrogens (tertiary/aromatic N) is 2. The van der Waals surface area contributed by atoms with Crippen molar-refractivity contribution >= 4 is 32.2 Å². The highest BCUT2D eigenvalue weighted by atomic mass is 32.2. The molecule has 32 heavy (non-hydrogen) atoms. The number of pyridine rings is 1. The molecule has 0 saturated carbocycles. The highest BCUT2D eigenvalue weighted by Gasteiger charge is 2.27. The first-order chi connectivity index (χ1) is 15.5. The monoisotopic (exact) mass is 471 g/mol. The highest BCUT2D eigenvalue weighted by molar-refractivity contribution is 7.90. The Morgan fingerprint density at radius 2 is 1.94 bits per heavy atom. The number of aromatic nitrogens is 2. The van der Waals surface area contributed by atoms with Gasteiger partial charge >= 0.3 is 0 Å². The Kier molecular flexibility index (Phi) is 7.29. The minimum Gasteiger partial charge on any atom is -0.381 e. The van der Waals surface area contributed by atoms with E-state index in [1.807, 2.05) is 5.38 Å². The molecule has 0 spiro atoms. The SMILES string of the molecule is O=C(Nc1nccs1)C(CC1CCOCC1)c1ccc(S(=O)(=O)Cc2cccnc2)cc1. The molecule has 1 saturated heterocycles. The van der Waals surface area contributed by atoms with Crippen molar-refractivity contribution < 1.29 is 17.9 Å². The van der Waals surface area contributed by atoms with Gasteiger partial charge in [0.1, 0.15) is 0 Å². The Hall–Kier alpha value is -2.62. The summed E-state index contributed by atoms with van der Waals surface area (Å²) in [6.45, 7) is 1.41. The molecule has 1 aromatic carbocycles. The van der Waals surface area contributed by atoms with E-state index in [1.165, 1.54) is 11.3 Å². The molecule has 0 aliphatic carbocycles. The maximum absolute atomic E-state index is 13.1. The maximum Gasteiger partial charge on any atom is 0.233 e. The minimum atomic E-state index is -3.51. The van der Waals surface area contributed by atoms with E-state index in [0.29, 0.717) is 36.2 Å². The summed E-state index contributed by atoms with van der Waals surface area (Å²) in [5.74, 6) is -0.254. The predicted octanol–water partition coefficient (Wildman–Crippen LogP) is 4.05. The van der Waals surface area contributed by atoms with Crippen molar-refractivity contribution in [2.45, 2.75) is 35.8 Å². The van der Waals surface area contributed by atoms with Crippen LogP contribution in [-0.2, 0) is 25.1 Å². The number of carbonyl (C=O) groups excluding carboxylic acids is 1. The summed E-state index contributed by atoms with van der Waals surface area (Å²) in [4.78, 5) is 21.5. The number of hydrogen-bond acceptors (Lipinski definition) is 7. The Balaban J connectivity index is 1.54. The third kappa shape index (κ3) is 5.79. The van der Waals surface area contributed by atoms with Gasteiger partial charge in [0.05, 0.1) is 16.6 Å². The zero-order valence-electron chi connectivity index (χ0n) is 17.5. The summed E-state index contributed by atoms with van der Waals surface area (Å²) >= 11 is 1.37. The molecule has 168 valence electrons. The molecule has 9 heteroatoms. The van der Waals surface area contributed by atoms with E-state index in [-0.39, 0.29) is 16.6 Å². The molecule has 7 nitrogen and oxygen atoms in total. The van der Waals surface area contributed by atoms with Crippen molar-refractivity contribution in [2.24, 2.45) is 5.92 Å². The van der Waals surface area contributed by atoms with Gasteiger partial charge in [0.15, 0.2) is 15.0 Å². The molecule has 1 N–H and O–H groups in total. The quantitative estimate of drug-likeness (QED) is 0.532. The lowest BCUT2D eigenvalue weighted by molar-refractivity contribution is -0.118. The number of anilines is 1. The number of carbonyl (C=O) groups is 1. The fraction of sp³-hybridized carbons (Fsp3) is 0.348. The van der Waals surface area contributed by atoms with Crippen LogP contribution in [0.2, 0.25) is 0 Å². The fourth-order valence-electron chi connectivity index (χ4n) is 3.88. The first-order valence-corrected chi connectivity index (χ1v) is 13.0. The summed E-state index contributed by atoms with van der Waals surface area (Å²) < 4.78 is 31.1. The largest absolute Gasteiger partial charge is 0.381 e. The zero-order chi connectivity index (χ0) is 22.4. The number of rotatable bonds is 8. The van der Waals surface area contributed by atoms with E-state index in [4.69, 9.17) is 4.74 Å². The second-order valence-corrected chi connectivity index (χ2v) is 10.7. The zero-order valence-corrected chi connectivity index (χ0v) is 19.1. The topological polar surface area (TPSA) is 98.2 Å². The van der Waals surface area contributed by atoms with Crippen LogP contribution in [0.25, 0.3) is 0 Å². The molecule has 1 atom stereocenters. The summed E-state index contributed by atoms with van der Waals surface area (Å²) in [7, 11) is -3.51. The lowest BCUT2D eigenvalue weighted by Crippen LogP contribution is -2.26. The molecule has 0 radical (unpaired) electrons. The number of nitrogens with one attached hydrogen (secondary N) is 1. The van der Waals surface area contributed by atoms with Gasteiger partial charge in [0.25, 0.3) is 0 Å². The Bertz CT molecular complexity index is 1110. The van der Waals surface area contributed by atoms with Gasteiger partial charge in [-0.25, -0.2) is 13.4 Å².